The van der Waals surface area contributed by atoms with Gasteiger partial charge in [-0.05, 0) is 25.7 Å². The van der Waals surface area contributed by atoms with Gasteiger partial charge in [0.1, 0.15) is 0 Å². The minimum absolute atomic E-state index is 0.409. The molecule has 0 aromatic rings. The monoisotopic (exact) mass is 128 g/mol. The molecular formula is C8H18N+. The molecule has 1 nitrogen and oxygen atoms in total. The molecule has 1 heteroatoms. The Morgan fingerprint density at radius 2 is 1.78 bits per heavy atom. The summed E-state index contributed by atoms with van der Waals surface area (Å²) in [5, 5.41) is 0. The molecule has 1 aliphatic carbocycles. The molecule has 0 spiro atoms. The van der Waals surface area contributed by atoms with E-state index in [-0.39, 0.29) is 0 Å². The number of hydrogen-bond acceptors (Lipinski definition) is 0. The van der Waals surface area contributed by atoms with Crippen LogP contribution in [0.15, 0.2) is 0 Å². The van der Waals surface area contributed by atoms with Crippen LogP contribution in [0.1, 0.15) is 39.5 Å². The van der Waals surface area contributed by atoms with E-state index in [1.165, 1.54) is 25.7 Å². The summed E-state index contributed by atoms with van der Waals surface area (Å²) in [6, 6.07) is 0. The van der Waals surface area contributed by atoms with Gasteiger partial charge in [0.2, 0.25) is 0 Å². The molecule has 0 saturated heterocycles. The summed E-state index contributed by atoms with van der Waals surface area (Å²) in [5.41, 5.74) is 4.57. The van der Waals surface area contributed by atoms with Crippen LogP contribution < -0.4 is 5.73 Å². The summed E-state index contributed by atoms with van der Waals surface area (Å²) in [4.78, 5) is 0. The maximum Gasteiger partial charge on any atom is 0.0917 e. The van der Waals surface area contributed by atoms with Crippen LogP contribution >= 0.6 is 0 Å². The van der Waals surface area contributed by atoms with Gasteiger partial charge < -0.3 is 5.73 Å². The predicted octanol–water partition coefficient (Wildman–Crippen LogP) is 1.20. The van der Waals surface area contributed by atoms with Crippen molar-refractivity contribution < 1.29 is 5.73 Å². The van der Waals surface area contributed by atoms with Gasteiger partial charge in [-0.1, -0.05) is 6.92 Å². The second kappa shape index (κ2) is 2.30. The summed E-state index contributed by atoms with van der Waals surface area (Å²) in [6.45, 7) is 4.62. The van der Waals surface area contributed by atoms with Crippen LogP contribution in [0.25, 0.3) is 0 Å². The summed E-state index contributed by atoms with van der Waals surface area (Å²) >= 11 is 0. The van der Waals surface area contributed by atoms with Crippen molar-refractivity contribution in [2.45, 2.75) is 45.1 Å². The first kappa shape index (κ1) is 7.07. The Morgan fingerprint density at radius 1 is 1.33 bits per heavy atom. The zero-order valence-corrected chi connectivity index (χ0v) is 6.61. The minimum Gasteiger partial charge on any atom is -0.353 e. The zero-order chi connectivity index (χ0) is 6.91. The van der Waals surface area contributed by atoms with Gasteiger partial charge in [0, 0.05) is 12.8 Å². The van der Waals surface area contributed by atoms with E-state index >= 15 is 0 Å². The molecule has 0 unspecified atom stereocenters. The molecule has 0 amide bonds. The average molecular weight is 128 g/mol. The van der Waals surface area contributed by atoms with Gasteiger partial charge in [-0.25, -0.2) is 0 Å². The van der Waals surface area contributed by atoms with Crippen LogP contribution in [-0.4, -0.2) is 5.54 Å². The van der Waals surface area contributed by atoms with E-state index in [2.05, 4.69) is 19.6 Å². The van der Waals surface area contributed by atoms with Crippen LogP contribution in [0.3, 0.4) is 0 Å². The third kappa shape index (κ3) is 1.98. The molecule has 9 heavy (non-hydrogen) atoms. The van der Waals surface area contributed by atoms with E-state index in [9.17, 15) is 0 Å². The zero-order valence-electron chi connectivity index (χ0n) is 6.61. The summed E-state index contributed by atoms with van der Waals surface area (Å²) in [6.07, 6.45) is 5.43. The van der Waals surface area contributed by atoms with Crippen LogP contribution in [0.4, 0.5) is 0 Å². The van der Waals surface area contributed by atoms with Crippen molar-refractivity contribution in [3.63, 3.8) is 0 Å². The highest BCUT2D eigenvalue weighted by molar-refractivity contribution is 4.77. The summed E-state index contributed by atoms with van der Waals surface area (Å²) in [7, 11) is 0. The number of rotatable bonds is 0. The lowest BCUT2D eigenvalue weighted by Gasteiger charge is -2.29. The highest BCUT2D eigenvalue weighted by Crippen LogP contribution is 2.27. The van der Waals surface area contributed by atoms with Crippen LogP contribution in [-0.2, 0) is 0 Å². The molecule has 3 N–H and O–H groups in total. The molecule has 0 aliphatic heterocycles. The van der Waals surface area contributed by atoms with Gasteiger partial charge >= 0.3 is 0 Å². The number of quaternary nitrogens is 1. The Kier molecular flexibility index (Phi) is 1.80. The Bertz CT molecular complexity index is 86.7. The predicted molar refractivity (Wildman–Crippen MR) is 38.9 cm³/mol. The van der Waals surface area contributed by atoms with E-state index in [1.54, 1.807) is 0 Å². The topological polar surface area (TPSA) is 27.6 Å². The lowest BCUT2D eigenvalue weighted by Crippen LogP contribution is -2.71. The Labute approximate surface area is 57.6 Å². The molecule has 0 aromatic carbocycles. The third-order valence-corrected chi connectivity index (χ3v) is 2.48. The lowest BCUT2D eigenvalue weighted by molar-refractivity contribution is -0.479. The largest absolute Gasteiger partial charge is 0.353 e. The Morgan fingerprint density at radius 3 is 2.11 bits per heavy atom. The van der Waals surface area contributed by atoms with Crippen molar-refractivity contribution in [2.24, 2.45) is 5.92 Å². The van der Waals surface area contributed by atoms with E-state index in [0.717, 1.165) is 5.92 Å². The van der Waals surface area contributed by atoms with Crippen LogP contribution in [0.5, 0.6) is 0 Å². The maximum atomic E-state index is 4.16. The SMILES string of the molecule is CC1CCC(C)([NH3+])CC1. The van der Waals surface area contributed by atoms with Gasteiger partial charge in [0.15, 0.2) is 0 Å². The lowest BCUT2D eigenvalue weighted by atomic mass is 9.79. The second-order valence-electron chi connectivity index (χ2n) is 3.99. The first-order valence-electron chi connectivity index (χ1n) is 3.95. The van der Waals surface area contributed by atoms with Crippen molar-refractivity contribution in [3.8, 4) is 0 Å². The van der Waals surface area contributed by atoms with Crippen molar-refractivity contribution in [1.82, 2.24) is 0 Å². The average Bonchev–Trinajstić information content (AvgIpc) is 1.78. The standard InChI is InChI=1S/C8H17N/c1-7-3-5-8(2,9)6-4-7/h7H,3-6,9H2,1-2H3/p+1. The fourth-order valence-electron chi connectivity index (χ4n) is 1.46. The normalized spacial score (nSPS) is 45.0. The number of hydrogen-bond donors (Lipinski definition) is 1. The quantitative estimate of drug-likeness (QED) is 0.507. The molecule has 1 fully saturated rings. The van der Waals surface area contributed by atoms with Gasteiger partial charge in [-0.3, -0.25) is 0 Å². The smallest absolute Gasteiger partial charge is 0.0917 e. The third-order valence-electron chi connectivity index (χ3n) is 2.48. The molecule has 0 aromatic heterocycles. The highest BCUT2D eigenvalue weighted by Gasteiger charge is 2.28. The van der Waals surface area contributed by atoms with Crippen LogP contribution in [0, 0.1) is 5.92 Å². The minimum atomic E-state index is 0.409. The molecule has 1 aliphatic rings. The molecule has 0 atom stereocenters. The van der Waals surface area contributed by atoms with Gasteiger partial charge in [0.25, 0.3) is 0 Å². The molecule has 1 rings (SSSR count). The first-order chi connectivity index (χ1) is 4.10. The Hall–Kier alpha value is -0.0400. The molecule has 0 radical (unpaired) electrons. The van der Waals surface area contributed by atoms with Crippen molar-refractivity contribution in [1.29, 1.82) is 0 Å². The first-order valence-corrected chi connectivity index (χ1v) is 3.95. The van der Waals surface area contributed by atoms with Crippen molar-refractivity contribution >= 4 is 0 Å². The van der Waals surface area contributed by atoms with E-state index in [1.807, 2.05) is 0 Å². The molecule has 54 valence electrons. The summed E-state index contributed by atoms with van der Waals surface area (Å²) < 4.78 is 0. The van der Waals surface area contributed by atoms with Crippen molar-refractivity contribution in [2.75, 3.05) is 0 Å². The fourth-order valence-corrected chi connectivity index (χ4v) is 1.46. The highest BCUT2D eigenvalue weighted by atomic mass is 14.7. The Balaban J connectivity index is 2.35. The van der Waals surface area contributed by atoms with Gasteiger partial charge in [-0.15, -0.1) is 0 Å². The molecule has 0 bridgehead atoms. The van der Waals surface area contributed by atoms with Crippen LogP contribution in [0.2, 0.25) is 0 Å². The van der Waals surface area contributed by atoms with E-state index in [0.29, 0.717) is 5.54 Å². The molecular weight excluding hydrogens is 110 g/mol. The summed E-state index contributed by atoms with van der Waals surface area (Å²) in [5.74, 6) is 0.958. The maximum absolute atomic E-state index is 4.16. The second-order valence-corrected chi connectivity index (χ2v) is 3.99. The van der Waals surface area contributed by atoms with Gasteiger partial charge in [-0.2, -0.15) is 0 Å². The van der Waals surface area contributed by atoms with Gasteiger partial charge in [0.05, 0.1) is 5.54 Å². The van der Waals surface area contributed by atoms with E-state index in [4.69, 9.17) is 0 Å². The van der Waals surface area contributed by atoms with E-state index < -0.39 is 0 Å². The molecule has 1 saturated carbocycles. The van der Waals surface area contributed by atoms with Crippen molar-refractivity contribution in [3.05, 3.63) is 0 Å². The fraction of sp³-hybridized carbons (Fsp3) is 1.00. The molecule has 0 heterocycles.